The first kappa shape index (κ1) is 14.5. The van der Waals surface area contributed by atoms with Gasteiger partial charge in [0.05, 0.1) is 13.0 Å². The van der Waals surface area contributed by atoms with Gasteiger partial charge in [0.2, 0.25) is 0 Å². The third-order valence-electron chi connectivity index (χ3n) is 3.94. The molecule has 1 fully saturated rings. The Morgan fingerprint density at radius 1 is 1.41 bits per heavy atom. The molecule has 0 bridgehead atoms. The molecule has 100 valence electrons. The molecule has 1 saturated carbocycles. The Balaban J connectivity index is 2.67. The number of carbonyl (C=O) groups excluding carboxylic acids is 1. The lowest BCUT2D eigenvalue weighted by atomic mass is 9.82. The van der Waals surface area contributed by atoms with Gasteiger partial charge in [0.25, 0.3) is 0 Å². The molecule has 1 N–H and O–H groups in total. The van der Waals surface area contributed by atoms with Crippen molar-refractivity contribution in [1.82, 2.24) is 5.32 Å². The fourth-order valence-electron chi connectivity index (χ4n) is 3.11. The van der Waals surface area contributed by atoms with Crippen LogP contribution < -0.4 is 5.32 Å². The van der Waals surface area contributed by atoms with Crippen LogP contribution in [0.3, 0.4) is 0 Å². The average molecular weight is 241 g/mol. The number of nitrogens with one attached hydrogen (secondary N) is 1. The molecular weight excluding hydrogens is 214 g/mol. The van der Waals surface area contributed by atoms with Crippen molar-refractivity contribution >= 4 is 5.97 Å². The summed E-state index contributed by atoms with van der Waals surface area (Å²) in [4.78, 5) is 11.8. The Morgan fingerprint density at radius 3 is 2.76 bits per heavy atom. The van der Waals surface area contributed by atoms with Crippen LogP contribution in [0.25, 0.3) is 0 Å². The van der Waals surface area contributed by atoms with Crippen LogP contribution in [0.2, 0.25) is 0 Å². The minimum Gasteiger partial charge on any atom is -0.466 e. The molecule has 1 rings (SSSR count). The van der Waals surface area contributed by atoms with Crippen LogP contribution >= 0.6 is 0 Å². The molecule has 0 aromatic heterocycles. The molecule has 0 radical (unpaired) electrons. The van der Waals surface area contributed by atoms with Crippen LogP contribution in [0, 0.1) is 5.92 Å². The first-order chi connectivity index (χ1) is 8.18. The number of ether oxygens (including phenoxy) is 1. The van der Waals surface area contributed by atoms with Crippen molar-refractivity contribution in [2.75, 3.05) is 13.2 Å². The van der Waals surface area contributed by atoms with Gasteiger partial charge in [-0.2, -0.15) is 0 Å². The molecule has 0 heterocycles. The van der Waals surface area contributed by atoms with Crippen LogP contribution in [-0.4, -0.2) is 24.7 Å². The Bertz CT molecular complexity index is 242. The number of esters is 1. The standard InChI is InChI=1S/C14H27NO2/c1-4-10-15-14(11-13(16)17-6-3)9-7-8-12(14)5-2/h12,15H,4-11H2,1-3H3. The van der Waals surface area contributed by atoms with Crippen molar-refractivity contribution in [2.24, 2.45) is 5.92 Å². The minimum absolute atomic E-state index is 0.0109. The van der Waals surface area contributed by atoms with Gasteiger partial charge in [0.1, 0.15) is 0 Å². The molecule has 0 amide bonds. The SMILES string of the molecule is CCCNC1(CC(=O)OCC)CCCC1CC. The molecule has 0 aromatic carbocycles. The summed E-state index contributed by atoms with van der Waals surface area (Å²) in [5.74, 6) is 0.579. The molecule has 1 aliphatic rings. The molecule has 2 atom stereocenters. The van der Waals surface area contributed by atoms with Crippen molar-refractivity contribution in [1.29, 1.82) is 0 Å². The lowest BCUT2D eigenvalue weighted by Crippen LogP contribution is -2.50. The van der Waals surface area contributed by atoms with E-state index in [0.29, 0.717) is 18.9 Å². The summed E-state index contributed by atoms with van der Waals surface area (Å²) in [6.07, 6.45) is 6.39. The predicted octanol–water partition coefficient (Wildman–Crippen LogP) is 2.89. The maximum atomic E-state index is 11.8. The third kappa shape index (κ3) is 3.70. The third-order valence-corrected chi connectivity index (χ3v) is 3.94. The highest BCUT2D eigenvalue weighted by molar-refractivity contribution is 5.71. The Kier molecular flexibility index (Phi) is 5.96. The monoisotopic (exact) mass is 241 g/mol. The van der Waals surface area contributed by atoms with Crippen LogP contribution in [0.5, 0.6) is 0 Å². The van der Waals surface area contributed by atoms with E-state index in [-0.39, 0.29) is 11.5 Å². The summed E-state index contributed by atoms with van der Waals surface area (Å²) in [5.41, 5.74) is 0.0109. The van der Waals surface area contributed by atoms with E-state index in [4.69, 9.17) is 4.74 Å². The molecule has 0 saturated heterocycles. The van der Waals surface area contributed by atoms with E-state index >= 15 is 0 Å². The van der Waals surface area contributed by atoms with Crippen LogP contribution in [-0.2, 0) is 9.53 Å². The zero-order valence-corrected chi connectivity index (χ0v) is 11.6. The quantitative estimate of drug-likeness (QED) is 0.697. The summed E-state index contributed by atoms with van der Waals surface area (Å²) in [6.45, 7) is 7.75. The molecule has 1 aliphatic carbocycles. The first-order valence-electron chi connectivity index (χ1n) is 7.09. The van der Waals surface area contributed by atoms with E-state index in [2.05, 4.69) is 19.2 Å². The van der Waals surface area contributed by atoms with E-state index in [1.54, 1.807) is 0 Å². The Labute approximate surface area is 105 Å². The van der Waals surface area contributed by atoms with Crippen molar-refractivity contribution in [3.63, 3.8) is 0 Å². The first-order valence-corrected chi connectivity index (χ1v) is 7.09. The summed E-state index contributed by atoms with van der Waals surface area (Å²) in [7, 11) is 0. The van der Waals surface area contributed by atoms with E-state index in [9.17, 15) is 4.79 Å². The predicted molar refractivity (Wildman–Crippen MR) is 69.9 cm³/mol. The van der Waals surface area contributed by atoms with E-state index in [1.807, 2.05) is 6.92 Å². The second-order valence-electron chi connectivity index (χ2n) is 5.06. The summed E-state index contributed by atoms with van der Waals surface area (Å²) >= 11 is 0. The van der Waals surface area contributed by atoms with Crippen LogP contribution in [0.4, 0.5) is 0 Å². The molecule has 3 heteroatoms. The Hall–Kier alpha value is -0.570. The van der Waals surface area contributed by atoms with Gasteiger partial charge >= 0.3 is 5.97 Å². The van der Waals surface area contributed by atoms with Gasteiger partial charge in [-0.25, -0.2) is 0 Å². The molecule has 2 unspecified atom stereocenters. The van der Waals surface area contributed by atoms with Crippen LogP contribution in [0.15, 0.2) is 0 Å². The fraction of sp³-hybridized carbons (Fsp3) is 0.929. The van der Waals surface area contributed by atoms with Gasteiger partial charge in [0, 0.05) is 5.54 Å². The zero-order valence-electron chi connectivity index (χ0n) is 11.6. The maximum absolute atomic E-state index is 11.8. The number of hydrogen-bond donors (Lipinski definition) is 1. The highest BCUT2D eigenvalue weighted by Gasteiger charge is 2.43. The van der Waals surface area contributed by atoms with Gasteiger partial charge in [-0.15, -0.1) is 0 Å². The average Bonchev–Trinajstić information content (AvgIpc) is 2.70. The number of rotatable bonds is 7. The second kappa shape index (κ2) is 7.00. The second-order valence-corrected chi connectivity index (χ2v) is 5.06. The van der Waals surface area contributed by atoms with Crippen LogP contribution in [0.1, 0.15) is 59.3 Å². The summed E-state index contributed by atoms with van der Waals surface area (Å²) < 4.78 is 5.12. The smallest absolute Gasteiger partial charge is 0.307 e. The number of hydrogen-bond acceptors (Lipinski definition) is 3. The molecule has 0 aliphatic heterocycles. The molecule has 0 spiro atoms. The highest BCUT2D eigenvalue weighted by Crippen LogP contribution is 2.40. The Morgan fingerprint density at radius 2 is 2.18 bits per heavy atom. The minimum atomic E-state index is -0.0450. The molecule has 17 heavy (non-hydrogen) atoms. The molecular formula is C14H27NO2. The zero-order chi connectivity index (χ0) is 12.7. The van der Waals surface area contributed by atoms with E-state index in [1.165, 1.54) is 12.8 Å². The summed E-state index contributed by atoms with van der Waals surface area (Å²) in [6, 6.07) is 0. The van der Waals surface area contributed by atoms with Gasteiger partial charge in [-0.05, 0) is 38.6 Å². The normalized spacial score (nSPS) is 28.3. The van der Waals surface area contributed by atoms with Crippen molar-refractivity contribution in [3.8, 4) is 0 Å². The highest BCUT2D eigenvalue weighted by atomic mass is 16.5. The van der Waals surface area contributed by atoms with Gasteiger partial charge < -0.3 is 10.1 Å². The number of carbonyl (C=O) groups is 1. The van der Waals surface area contributed by atoms with Crippen molar-refractivity contribution < 1.29 is 9.53 Å². The maximum Gasteiger partial charge on any atom is 0.307 e. The largest absolute Gasteiger partial charge is 0.466 e. The van der Waals surface area contributed by atoms with E-state index in [0.717, 1.165) is 25.8 Å². The topological polar surface area (TPSA) is 38.3 Å². The van der Waals surface area contributed by atoms with Gasteiger partial charge in [-0.3, -0.25) is 4.79 Å². The van der Waals surface area contributed by atoms with Gasteiger partial charge in [-0.1, -0.05) is 26.7 Å². The van der Waals surface area contributed by atoms with Gasteiger partial charge in [0.15, 0.2) is 0 Å². The molecule has 3 nitrogen and oxygen atoms in total. The summed E-state index contributed by atoms with van der Waals surface area (Å²) in [5, 5.41) is 3.63. The fourth-order valence-corrected chi connectivity index (χ4v) is 3.11. The lowest BCUT2D eigenvalue weighted by molar-refractivity contribution is -0.145. The van der Waals surface area contributed by atoms with E-state index < -0.39 is 0 Å². The van der Waals surface area contributed by atoms with Crippen molar-refractivity contribution in [3.05, 3.63) is 0 Å². The van der Waals surface area contributed by atoms with Crippen molar-refractivity contribution in [2.45, 2.75) is 64.8 Å². The molecule has 0 aromatic rings. The lowest BCUT2D eigenvalue weighted by Gasteiger charge is -2.35.